The third kappa shape index (κ3) is 4.07. The monoisotopic (exact) mass is 348 g/mol. The van der Waals surface area contributed by atoms with Crippen molar-refractivity contribution in [2.45, 2.75) is 32.2 Å². The first-order valence-corrected chi connectivity index (χ1v) is 9.34. The lowest BCUT2D eigenvalue weighted by molar-refractivity contribution is 0.299. The summed E-state index contributed by atoms with van der Waals surface area (Å²) in [5.41, 5.74) is 4.57. The van der Waals surface area contributed by atoms with Gasteiger partial charge in [-0.15, -0.1) is 0 Å². The Morgan fingerprint density at radius 2 is 2.00 bits per heavy atom. The molecular weight excluding hydrogens is 320 g/mol. The number of rotatable bonds is 6. The van der Waals surface area contributed by atoms with E-state index in [0.717, 1.165) is 49.4 Å². The number of nitrogens with zero attached hydrogens (tertiary/aromatic N) is 2. The second-order valence-electron chi connectivity index (χ2n) is 6.61. The van der Waals surface area contributed by atoms with Crippen molar-refractivity contribution in [1.82, 2.24) is 15.2 Å². The third-order valence-corrected chi connectivity index (χ3v) is 4.94. The van der Waals surface area contributed by atoms with Crippen LogP contribution in [0.1, 0.15) is 36.6 Å². The molecule has 1 aromatic heterocycles. The maximum atomic E-state index is 4.58. The SMILES string of the molecule is C=CN=C(c1cc[nH]c1CC)N1CCC(NC(=C)c2ccccc2)CC1. The van der Waals surface area contributed by atoms with Gasteiger partial charge in [-0.05, 0) is 30.9 Å². The third-order valence-electron chi connectivity index (χ3n) is 4.94. The number of hydrogen-bond donors (Lipinski definition) is 2. The van der Waals surface area contributed by atoms with Gasteiger partial charge in [0, 0.05) is 48.5 Å². The molecule has 1 aliphatic rings. The zero-order valence-corrected chi connectivity index (χ0v) is 15.5. The molecule has 4 heteroatoms. The topological polar surface area (TPSA) is 43.4 Å². The zero-order chi connectivity index (χ0) is 18.4. The molecule has 0 aliphatic carbocycles. The zero-order valence-electron chi connectivity index (χ0n) is 15.5. The number of piperidine rings is 1. The maximum Gasteiger partial charge on any atom is 0.137 e. The Kier molecular flexibility index (Phi) is 5.95. The van der Waals surface area contributed by atoms with E-state index in [-0.39, 0.29) is 0 Å². The molecule has 1 fully saturated rings. The number of H-pyrrole nitrogens is 1. The van der Waals surface area contributed by atoms with Crippen molar-refractivity contribution in [1.29, 1.82) is 0 Å². The molecule has 0 spiro atoms. The molecule has 4 nitrogen and oxygen atoms in total. The van der Waals surface area contributed by atoms with E-state index in [0.29, 0.717) is 6.04 Å². The molecule has 0 unspecified atom stereocenters. The average Bonchev–Trinajstić information content (AvgIpc) is 3.16. The summed E-state index contributed by atoms with van der Waals surface area (Å²) in [5.74, 6) is 1.03. The number of nitrogens with one attached hydrogen (secondary N) is 2. The molecule has 2 heterocycles. The van der Waals surface area contributed by atoms with Crippen LogP contribution in [-0.2, 0) is 6.42 Å². The number of amidine groups is 1. The molecule has 0 atom stereocenters. The van der Waals surface area contributed by atoms with E-state index in [1.165, 1.54) is 11.3 Å². The van der Waals surface area contributed by atoms with Gasteiger partial charge in [0.2, 0.25) is 0 Å². The summed E-state index contributed by atoms with van der Waals surface area (Å²) in [7, 11) is 0. The van der Waals surface area contributed by atoms with E-state index in [2.05, 4.69) is 58.5 Å². The number of aromatic nitrogens is 1. The van der Waals surface area contributed by atoms with Crippen LogP contribution >= 0.6 is 0 Å². The van der Waals surface area contributed by atoms with Crippen molar-refractivity contribution in [3.05, 3.63) is 78.8 Å². The minimum atomic E-state index is 0.445. The highest BCUT2D eigenvalue weighted by atomic mass is 15.2. The van der Waals surface area contributed by atoms with Crippen LogP contribution < -0.4 is 5.32 Å². The highest BCUT2D eigenvalue weighted by Gasteiger charge is 2.24. The molecule has 136 valence electrons. The molecule has 0 radical (unpaired) electrons. The van der Waals surface area contributed by atoms with E-state index < -0.39 is 0 Å². The van der Waals surface area contributed by atoms with Crippen LogP contribution in [0.5, 0.6) is 0 Å². The van der Waals surface area contributed by atoms with E-state index in [1.807, 2.05) is 24.4 Å². The standard InChI is InChI=1S/C22H28N4/c1-4-21-20(11-14-24-21)22(23-5-2)26-15-12-19(13-16-26)25-17(3)18-9-7-6-8-10-18/h5-11,14,19,24-25H,2-4,12-13,15-16H2,1H3. The van der Waals surface area contributed by atoms with Crippen LogP contribution in [0.15, 0.2) is 66.9 Å². The summed E-state index contributed by atoms with van der Waals surface area (Å²) in [6.45, 7) is 12.1. The number of likely N-dealkylation sites (tertiary alicyclic amines) is 1. The Labute approximate surface area is 156 Å². The molecule has 2 N–H and O–H groups in total. The lowest BCUT2D eigenvalue weighted by atomic mass is 10.0. The molecule has 1 saturated heterocycles. The first-order valence-electron chi connectivity index (χ1n) is 9.34. The lowest BCUT2D eigenvalue weighted by Crippen LogP contribution is -2.44. The molecule has 0 bridgehead atoms. The van der Waals surface area contributed by atoms with Crippen LogP contribution in [0.25, 0.3) is 5.70 Å². The Bertz CT molecular complexity index is 764. The van der Waals surface area contributed by atoms with E-state index in [4.69, 9.17) is 0 Å². The molecule has 3 rings (SSSR count). The van der Waals surface area contributed by atoms with Crippen LogP contribution in [0.4, 0.5) is 0 Å². The fourth-order valence-electron chi connectivity index (χ4n) is 3.52. The Balaban J connectivity index is 1.62. The molecule has 26 heavy (non-hydrogen) atoms. The Morgan fingerprint density at radius 1 is 1.27 bits per heavy atom. The normalized spacial score (nSPS) is 15.7. The smallest absolute Gasteiger partial charge is 0.137 e. The van der Waals surface area contributed by atoms with Gasteiger partial charge < -0.3 is 15.2 Å². The summed E-state index contributed by atoms with van der Waals surface area (Å²) >= 11 is 0. The molecule has 0 amide bonds. The van der Waals surface area contributed by atoms with E-state index >= 15 is 0 Å². The molecular formula is C22H28N4. The number of hydrogen-bond acceptors (Lipinski definition) is 2. The summed E-state index contributed by atoms with van der Waals surface area (Å²) in [5, 5.41) is 3.60. The highest BCUT2D eigenvalue weighted by Crippen LogP contribution is 2.19. The van der Waals surface area contributed by atoms with Gasteiger partial charge >= 0.3 is 0 Å². The van der Waals surface area contributed by atoms with Crippen molar-refractivity contribution in [2.24, 2.45) is 4.99 Å². The van der Waals surface area contributed by atoms with Crippen LogP contribution in [0, 0.1) is 0 Å². The predicted octanol–water partition coefficient (Wildman–Crippen LogP) is 4.19. The maximum absolute atomic E-state index is 4.58. The molecule has 1 aliphatic heterocycles. The predicted molar refractivity (Wildman–Crippen MR) is 110 cm³/mol. The minimum absolute atomic E-state index is 0.445. The average molecular weight is 348 g/mol. The summed E-state index contributed by atoms with van der Waals surface area (Å²) < 4.78 is 0. The Morgan fingerprint density at radius 3 is 2.65 bits per heavy atom. The van der Waals surface area contributed by atoms with Crippen molar-refractivity contribution in [3.8, 4) is 0 Å². The highest BCUT2D eigenvalue weighted by molar-refractivity contribution is 6.00. The van der Waals surface area contributed by atoms with Gasteiger partial charge in [0.05, 0.1) is 0 Å². The van der Waals surface area contributed by atoms with Gasteiger partial charge in [0.1, 0.15) is 5.84 Å². The number of benzene rings is 1. The van der Waals surface area contributed by atoms with Gasteiger partial charge in [-0.3, -0.25) is 0 Å². The second-order valence-corrected chi connectivity index (χ2v) is 6.61. The number of aryl methyl sites for hydroxylation is 1. The van der Waals surface area contributed by atoms with Crippen molar-refractivity contribution >= 4 is 11.5 Å². The number of aliphatic imine (C=N–C) groups is 1. The lowest BCUT2D eigenvalue weighted by Gasteiger charge is -2.35. The fourth-order valence-corrected chi connectivity index (χ4v) is 3.52. The first-order chi connectivity index (χ1) is 12.7. The molecule has 1 aromatic carbocycles. The second kappa shape index (κ2) is 8.56. The van der Waals surface area contributed by atoms with Crippen LogP contribution in [0.3, 0.4) is 0 Å². The van der Waals surface area contributed by atoms with E-state index in [1.54, 1.807) is 6.20 Å². The summed E-state index contributed by atoms with van der Waals surface area (Å²) in [6, 6.07) is 12.9. The van der Waals surface area contributed by atoms with Gasteiger partial charge in [-0.25, -0.2) is 4.99 Å². The van der Waals surface area contributed by atoms with Gasteiger partial charge in [-0.2, -0.15) is 0 Å². The van der Waals surface area contributed by atoms with Crippen molar-refractivity contribution < 1.29 is 0 Å². The summed E-state index contributed by atoms with van der Waals surface area (Å²) in [4.78, 5) is 10.3. The van der Waals surface area contributed by atoms with Crippen molar-refractivity contribution in [2.75, 3.05) is 13.1 Å². The largest absolute Gasteiger partial charge is 0.382 e. The van der Waals surface area contributed by atoms with Gasteiger partial charge in [0.15, 0.2) is 0 Å². The molecule has 2 aromatic rings. The first kappa shape index (κ1) is 18.1. The van der Waals surface area contributed by atoms with Crippen molar-refractivity contribution in [3.63, 3.8) is 0 Å². The van der Waals surface area contributed by atoms with E-state index in [9.17, 15) is 0 Å². The Hall–Kier alpha value is -2.75. The fraction of sp³-hybridized carbons (Fsp3) is 0.318. The number of aromatic amines is 1. The van der Waals surface area contributed by atoms with Gasteiger partial charge in [0.25, 0.3) is 0 Å². The summed E-state index contributed by atoms with van der Waals surface area (Å²) in [6.07, 6.45) is 6.73. The minimum Gasteiger partial charge on any atom is -0.382 e. The molecule has 0 saturated carbocycles. The van der Waals surface area contributed by atoms with Crippen LogP contribution in [-0.4, -0.2) is 34.9 Å². The van der Waals surface area contributed by atoms with Gasteiger partial charge in [-0.1, -0.05) is 50.4 Å². The van der Waals surface area contributed by atoms with Crippen LogP contribution in [0.2, 0.25) is 0 Å². The quantitative estimate of drug-likeness (QED) is 0.607.